The number of hydrogen-bond donors (Lipinski definition) is 6. The number of nitrogens with zero attached hydrogens (tertiary/aromatic N) is 4. The van der Waals surface area contributed by atoms with Gasteiger partial charge in [0, 0.05) is 38.2 Å². The van der Waals surface area contributed by atoms with E-state index >= 15 is 0 Å². The van der Waals surface area contributed by atoms with Crippen molar-refractivity contribution in [2.45, 2.75) is 57.7 Å². The van der Waals surface area contributed by atoms with Gasteiger partial charge >= 0.3 is 6.03 Å². The number of nitro groups is 1. The van der Waals surface area contributed by atoms with Crippen LogP contribution < -0.4 is 32.7 Å². The first-order valence-electron chi connectivity index (χ1n) is 13.9. The monoisotopic (exact) mass is 592 g/mol. The summed E-state index contributed by atoms with van der Waals surface area (Å²) in [6.07, 6.45) is 2.80. The van der Waals surface area contributed by atoms with Gasteiger partial charge in [-0.25, -0.2) is 19.9 Å². The van der Waals surface area contributed by atoms with E-state index in [1.807, 2.05) is 42.8 Å². The molecule has 0 saturated heterocycles. The van der Waals surface area contributed by atoms with Crippen molar-refractivity contribution in [1.29, 1.82) is 0 Å². The number of guanidine groups is 1. The minimum atomic E-state index is -0.908. The van der Waals surface area contributed by atoms with Crippen molar-refractivity contribution < 1.29 is 19.4 Å². The Bertz CT molecular complexity index is 1550. The van der Waals surface area contributed by atoms with Crippen molar-refractivity contribution in [3.05, 3.63) is 74.6 Å². The highest BCUT2D eigenvalue weighted by Gasteiger charge is 2.29. The third-order valence-electron chi connectivity index (χ3n) is 7.16. The minimum Gasteiger partial charge on any atom is -0.365 e. The highest BCUT2D eigenvalue weighted by molar-refractivity contribution is 6.00. The van der Waals surface area contributed by atoms with Crippen LogP contribution in [0.5, 0.6) is 0 Å². The lowest BCUT2D eigenvalue weighted by Gasteiger charge is -2.19. The Morgan fingerprint density at radius 1 is 1.09 bits per heavy atom. The van der Waals surface area contributed by atoms with E-state index in [1.165, 1.54) is 0 Å². The lowest BCUT2D eigenvalue weighted by Crippen LogP contribution is -2.47. The second-order valence-corrected chi connectivity index (χ2v) is 10.5. The highest BCUT2D eigenvalue weighted by Crippen LogP contribution is 2.40. The summed E-state index contributed by atoms with van der Waals surface area (Å²) in [4.78, 5) is 52.9. The molecule has 1 aliphatic carbocycles. The van der Waals surface area contributed by atoms with E-state index in [-0.39, 0.29) is 32.0 Å². The highest BCUT2D eigenvalue weighted by atomic mass is 16.7. The molecule has 0 unspecified atom stereocenters. The Balaban J connectivity index is 1.44. The van der Waals surface area contributed by atoms with Gasteiger partial charge in [0.2, 0.25) is 5.91 Å². The van der Waals surface area contributed by atoms with Gasteiger partial charge < -0.3 is 37.3 Å². The van der Waals surface area contributed by atoms with E-state index in [0.29, 0.717) is 17.9 Å². The Kier molecular flexibility index (Phi) is 9.75. The lowest BCUT2D eigenvalue weighted by atomic mass is 10.1. The standard InChI is InChI=1S/C28H36N10O5/c1-16-12-20(13-22-23(16)35-24(37(22)2)19-9-10-19)25(39)34-21(4-3-11-31-27(29)36-38(42)43)26(40)32-14-17-5-7-18(8-6-17)15-33-28(30)41/h5-8,12-13,19,21H,3-4,9-11,14-15H2,1-2H3,(H,32,40)(H,34,39)(H3,29,31,36)(H3,30,33,41)/t21-/m1/s1. The molecule has 0 bridgehead atoms. The summed E-state index contributed by atoms with van der Waals surface area (Å²) in [5.41, 5.74) is 15.2. The first-order valence-corrected chi connectivity index (χ1v) is 13.9. The summed E-state index contributed by atoms with van der Waals surface area (Å²) in [6, 6.07) is 9.29. The van der Waals surface area contributed by atoms with Crippen LogP contribution in [-0.4, -0.2) is 51.0 Å². The maximum absolute atomic E-state index is 13.4. The Hall–Kier alpha value is -5.21. The number of urea groups is 1. The summed E-state index contributed by atoms with van der Waals surface area (Å²) < 4.78 is 2.03. The number of imidazole rings is 1. The normalized spacial score (nSPS) is 13.8. The maximum atomic E-state index is 13.4. The predicted molar refractivity (Wildman–Crippen MR) is 159 cm³/mol. The Labute approximate surface area is 247 Å². The van der Waals surface area contributed by atoms with Gasteiger partial charge in [-0.3, -0.25) is 9.59 Å². The van der Waals surface area contributed by atoms with Gasteiger partial charge in [-0.15, -0.1) is 0 Å². The van der Waals surface area contributed by atoms with Gasteiger partial charge in [0.25, 0.3) is 11.9 Å². The van der Waals surface area contributed by atoms with Gasteiger partial charge in [-0.1, -0.05) is 24.3 Å². The lowest BCUT2D eigenvalue weighted by molar-refractivity contribution is -0.485. The summed E-state index contributed by atoms with van der Waals surface area (Å²) in [5.74, 6) is 0.304. The van der Waals surface area contributed by atoms with Crippen LogP contribution in [0.1, 0.15) is 64.5 Å². The maximum Gasteiger partial charge on any atom is 0.312 e. The number of hydrogen-bond acceptors (Lipinski definition) is 6. The van der Waals surface area contributed by atoms with Gasteiger partial charge in [-0.2, -0.15) is 0 Å². The first-order chi connectivity index (χ1) is 20.5. The molecule has 8 N–H and O–H groups in total. The second kappa shape index (κ2) is 13.6. The molecule has 0 spiro atoms. The number of nitrogens with two attached hydrogens (primary N) is 2. The van der Waals surface area contributed by atoms with Crippen LogP contribution in [0, 0.1) is 17.0 Å². The van der Waals surface area contributed by atoms with E-state index in [2.05, 4.69) is 26.4 Å². The van der Waals surface area contributed by atoms with Crippen LogP contribution in [-0.2, 0) is 24.9 Å². The Morgan fingerprint density at radius 2 is 1.74 bits per heavy atom. The predicted octanol–water partition coefficient (Wildman–Crippen LogP) is 1.22. The van der Waals surface area contributed by atoms with E-state index < -0.39 is 28.9 Å². The summed E-state index contributed by atoms with van der Waals surface area (Å²) in [5, 5.41) is 23.4. The molecule has 15 nitrogen and oxygen atoms in total. The van der Waals surface area contributed by atoms with Crippen LogP contribution in [0.4, 0.5) is 4.79 Å². The zero-order valence-electron chi connectivity index (χ0n) is 24.1. The summed E-state index contributed by atoms with van der Waals surface area (Å²) >= 11 is 0. The molecule has 1 heterocycles. The number of benzene rings is 2. The molecule has 228 valence electrons. The molecule has 1 saturated carbocycles. The Morgan fingerprint density at radius 3 is 2.35 bits per heavy atom. The molecular weight excluding hydrogens is 556 g/mol. The molecule has 0 aliphatic heterocycles. The van der Waals surface area contributed by atoms with E-state index in [0.717, 1.165) is 46.4 Å². The van der Waals surface area contributed by atoms with Crippen molar-refractivity contribution in [1.82, 2.24) is 30.8 Å². The van der Waals surface area contributed by atoms with Crippen LogP contribution in [0.2, 0.25) is 0 Å². The van der Waals surface area contributed by atoms with Crippen LogP contribution >= 0.6 is 0 Å². The molecular formula is C28H36N10O5. The fourth-order valence-electron chi connectivity index (χ4n) is 4.75. The van der Waals surface area contributed by atoms with Crippen molar-refractivity contribution in [3.8, 4) is 0 Å². The molecule has 15 heteroatoms. The molecule has 1 aromatic heterocycles. The first kappa shape index (κ1) is 30.7. The van der Waals surface area contributed by atoms with Crippen molar-refractivity contribution in [2.24, 2.45) is 23.6 Å². The summed E-state index contributed by atoms with van der Waals surface area (Å²) in [6.45, 7) is 2.60. The zero-order valence-corrected chi connectivity index (χ0v) is 24.1. The molecule has 0 radical (unpaired) electrons. The third kappa shape index (κ3) is 8.40. The van der Waals surface area contributed by atoms with E-state index in [1.54, 1.807) is 12.1 Å². The second-order valence-electron chi connectivity index (χ2n) is 10.5. The molecule has 4 amide bonds. The number of hydrazone groups is 1. The fourth-order valence-corrected chi connectivity index (χ4v) is 4.75. The number of aromatic nitrogens is 2. The third-order valence-corrected chi connectivity index (χ3v) is 7.16. The quantitative estimate of drug-likeness (QED) is 0.0555. The molecule has 3 aromatic rings. The van der Waals surface area contributed by atoms with Gasteiger partial charge in [0.05, 0.1) is 11.0 Å². The topological polar surface area (TPSA) is 225 Å². The number of carbonyl (C=O) groups excluding carboxylic acids is 3. The smallest absolute Gasteiger partial charge is 0.312 e. The van der Waals surface area contributed by atoms with Crippen LogP contribution in [0.25, 0.3) is 11.0 Å². The molecule has 43 heavy (non-hydrogen) atoms. The number of carbonyl (C=O) groups is 3. The summed E-state index contributed by atoms with van der Waals surface area (Å²) in [7, 11) is 1.95. The SMILES string of the molecule is Cc1cc(C(=O)N[C@H](CCCNC(N)=N[N+](=O)[O-])C(=O)NCc2ccc(CNC(N)=O)cc2)cc2c1nc(C1CC1)n2C. The van der Waals surface area contributed by atoms with Crippen molar-refractivity contribution in [2.75, 3.05) is 6.54 Å². The average Bonchev–Trinajstić information content (AvgIpc) is 3.75. The number of aryl methyl sites for hydroxylation is 2. The van der Waals surface area contributed by atoms with Crippen molar-refractivity contribution >= 4 is 34.8 Å². The zero-order chi connectivity index (χ0) is 31.1. The van der Waals surface area contributed by atoms with Gasteiger partial charge in [0.1, 0.15) is 17.0 Å². The van der Waals surface area contributed by atoms with E-state index in [4.69, 9.17) is 16.5 Å². The van der Waals surface area contributed by atoms with Gasteiger partial charge in [-0.05, 0) is 61.4 Å². The molecule has 1 aliphatic rings. The number of primary amides is 1. The molecule has 1 fully saturated rings. The van der Waals surface area contributed by atoms with Gasteiger partial charge in [0.15, 0.2) is 5.03 Å². The van der Waals surface area contributed by atoms with Crippen LogP contribution in [0.3, 0.4) is 0 Å². The van der Waals surface area contributed by atoms with Crippen molar-refractivity contribution in [3.63, 3.8) is 0 Å². The molecule has 2 aromatic carbocycles. The largest absolute Gasteiger partial charge is 0.365 e. The number of rotatable bonds is 13. The van der Waals surface area contributed by atoms with Crippen LogP contribution in [0.15, 0.2) is 41.5 Å². The number of amides is 4. The van der Waals surface area contributed by atoms with E-state index in [9.17, 15) is 24.5 Å². The average molecular weight is 593 g/mol. The minimum absolute atomic E-state index is 0.202. The number of fused-ring (bicyclic) bond motifs is 1. The molecule has 1 atom stereocenters. The number of nitrogens with one attached hydrogen (secondary N) is 4. The molecule has 4 rings (SSSR count). The fraction of sp³-hybridized carbons (Fsp3) is 0.393.